The minimum atomic E-state index is -3.87. The number of para-hydroxylation sites is 1. The molecule has 0 spiro atoms. The Morgan fingerprint density at radius 3 is 2.32 bits per heavy atom. The van der Waals surface area contributed by atoms with Crippen LogP contribution in [0.4, 0.5) is 0 Å². The Labute approximate surface area is 131 Å². The molecule has 0 amide bonds. The highest BCUT2D eigenvalue weighted by molar-refractivity contribution is 7.87. The van der Waals surface area contributed by atoms with E-state index in [1.165, 1.54) is 12.1 Å². The van der Waals surface area contributed by atoms with Gasteiger partial charge in [0.1, 0.15) is 4.90 Å². The first-order valence-electron chi connectivity index (χ1n) is 6.70. The molecule has 0 aliphatic carbocycles. The quantitative estimate of drug-likeness (QED) is 0.483. The average Bonchev–Trinajstić information content (AvgIpc) is 2.46. The van der Waals surface area contributed by atoms with Crippen LogP contribution in [0.15, 0.2) is 58.5 Å². The van der Waals surface area contributed by atoms with Crippen molar-refractivity contribution in [1.29, 1.82) is 0 Å². The third-order valence-electron chi connectivity index (χ3n) is 2.86. The van der Waals surface area contributed by atoms with Gasteiger partial charge in [-0.15, -0.1) is 0 Å². The Hall–Kier alpha value is -2.34. The Balaban J connectivity index is 2.32. The maximum absolute atomic E-state index is 12.3. The van der Waals surface area contributed by atoms with Gasteiger partial charge in [0.05, 0.1) is 6.21 Å². The summed E-state index contributed by atoms with van der Waals surface area (Å²) in [6, 6.07) is 13.4. The topological polar surface area (TPSA) is 59.0 Å². The van der Waals surface area contributed by atoms with E-state index >= 15 is 0 Å². The highest BCUT2D eigenvalue weighted by atomic mass is 32.2. The number of aryl methyl sites for hydroxylation is 1. The van der Waals surface area contributed by atoms with Gasteiger partial charge in [0.2, 0.25) is 0 Å². The summed E-state index contributed by atoms with van der Waals surface area (Å²) in [7, 11) is -0.305. The molecule has 0 atom stereocenters. The molecule has 22 heavy (non-hydrogen) atoms. The van der Waals surface area contributed by atoms with Crippen LogP contribution in [0.25, 0.3) is 0 Å². The summed E-state index contributed by atoms with van der Waals surface area (Å²) in [5.74, 6) is 0.244. The fraction of sp³-hybridized carbons (Fsp3) is 0.188. The van der Waals surface area contributed by atoms with E-state index < -0.39 is 10.1 Å². The van der Waals surface area contributed by atoms with Gasteiger partial charge in [-0.25, -0.2) is 0 Å². The van der Waals surface area contributed by atoms with Crippen molar-refractivity contribution in [1.82, 2.24) is 5.01 Å². The first-order valence-corrected chi connectivity index (χ1v) is 8.11. The lowest BCUT2D eigenvalue weighted by molar-refractivity contribution is 0.440. The Morgan fingerprint density at radius 2 is 1.68 bits per heavy atom. The summed E-state index contributed by atoms with van der Waals surface area (Å²) < 4.78 is 29.9. The van der Waals surface area contributed by atoms with Gasteiger partial charge in [0.25, 0.3) is 0 Å². The highest BCUT2D eigenvalue weighted by Crippen LogP contribution is 2.22. The molecule has 6 heteroatoms. The van der Waals surface area contributed by atoms with Crippen molar-refractivity contribution in [2.45, 2.75) is 11.8 Å². The molecule has 116 valence electrons. The van der Waals surface area contributed by atoms with E-state index in [1.54, 1.807) is 61.7 Å². The van der Waals surface area contributed by atoms with E-state index in [1.807, 2.05) is 6.92 Å². The predicted molar refractivity (Wildman–Crippen MR) is 86.7 cm³/mol. The summed E-state index contributed by atoms with van der Waals surface area (Å²) in [5, 5.41) is 5.72. The molecule has 0 saturated carbocycles. The van der Waals surface area contributed by atoms with Crippen LogP contribution in [-0.2, 0) is 10.1 Å². The molecule has 0 heterocycles. The Kier molecular flexibility index (Phi) is 4.82. The second-order valence-electron chi connectivity index (χ2n) is 4.98. The van der Waals surface area contributed by atoms with E-state index in [0.29, 0.717) is 5.56 Å². The zero-order valence-electron chi connectivity index (χ0n) is 12.7. The van der Waals surface area contributed by atoms with Crippen molar-refractivity contribution in [3.63, 3.8) is 0 Å². The van der Waals surface area contributed by atoms with Crippen molar-refractivity contribution in [3.8, 4) is 5.75 Å². The SMILES string of the molecule is Cc1ccc(S(=O)(=O)Oc2ccccc2C=NN(C)C)cc1. The van der Waals surface area contributed by atoms with Crippen molar-refractivity contribution in [2.75, 3.05) is 14.1 Å². The molecule has 2 aromatic rings. The molecule has 0 radical (unpaired) electrons. The van der Waals surface area contributed by atoms with Crippen LogP contribution in [0.2, 0.25) is 0 Å². The molecule has 2 aromatic carbocycles. The third kappa shape index (κ3) is 4.08. The fourth-order valence-corrected chi connectivity index (χ4v) is 2.67. The highest BCUT2D eigenvalue weighted by Gasteiger charge is 2.17. The first-order chi connectivity index (χ1) is 10.4. The largest absolute Gasteiger partial charge is 0.378 e. The predicted octanol–water partition coefficient (Wildman–Crippen LogP) is 2.66. The van der Waals surface area contributed by atoms with Crippen LogP contribution in [0.3, 0.4) is 0 Å². The van der Waals surface area contributed by atoms with Gasteiger partial charge < -0.3 is 9.19 Å². The molecule has 5 nitrogen and oxygen atoms in total. The van der Waals surface area contributed by atoms with Gasteiger partial charge in [-0.05, 0) is 31.2 Å². The molecule has 2 rings (SSSR count). The lowest BCUT2D eigenvalue weighted by Gasteiger charge is -2.10. The number of benzene rings is 2. The summed E-state index contributed by atoms with van der Waals surface area (Å²) in [4.78, 5) is 0.123. The molecule has 0 bridgehead atoms. The van der Waals surface area contributed by atoms with Gasteiger partial charge >= 0.3 is 10.1 Å². The lowest BCUT2D eigenvalue weighted by Crippen LogP contribution is -2.11. The number of hydrazone groups is 1. The van der Waals surface area contributed by atoms with Crippen LogP contribution in [-0.4, -0.2) is 33.7 Å². The normalized spacial score (nSPS) is 11.6. The van der Waals surface area contributed by atoms with Crippen molar-refractivity contribution < 1.29 is 12.6 Å². The maximum Gasteiger partial charge on any atom is 0.339 e. The molecule has 0 saturated heterocycles. The first kappa shape index (κ1) is 16.0. The monoisotopic (exact) mass is 318 g/mol. The third-order valence-corrected chi connectivity index (χ3v) is 4.10. The molecular weight excluding hydrogens is 300 g/mol. The zero-order valence-corrected chi connectivity index (χ0v) is 13.5. The molecule has 0 fully saturated rings. The van der Waals surface area contributed by atoms with Crippen LogP contribution in [0.1, 0.15) is 11.1 Å². The minimum absolute atomic E-state index is 0.123. The van der Waals surface area contributed by atoms with E-state index in [-0.39, 0.29) is 10.6 Å². The summed E-state index contributed by atoms with van der Waals surface area (Å²) in [5.41, 5.74) is 1.57. The summed E-state index contributed by atoms with van der Waals surface area (Å²) in [6.45, 7) is 1.89. The summed E-state index contributed by atoms with van der Waals surface area (Å²) >= 11 is 0. The van der Waals surface area contributed by atoms with Gasteiger partial charge in [-0.3, -0.25) is 0 Å². The van der Waals surface area contributed by atoms with E-state index in [2.05, 4.69) is 5.10 Å². The van der Waals surface area contributed by atoms with E-state index in [9.17, 15) is 8.42 Å². The zero-order chi connectivity index (χ0) is 16.2. The molecule has 0 aromatic heterocycles. The van der Waals surface area contributed by atoms with Crippen LogP contribution < -0.4 is 4.18 Å². The van der Waals surface area contributed by atoms with Gasteiger partial charge in [-0.1, -0.05) is 29.8 Å². The second kappa shape index (κ2) is 6.62. The standard InChI is InChI=1S/C16H18N2O3S/c1-13-8-10-15(11-9-13)22(19,20)21-16-7-5-4-6-14(16)12-17-18(2)3/h4-12H,1-3H3. The van der Waals surface area contributed by atoms with Crippen molar-refractivity contribution in [2.24, 2.45) is 5.10 Å². The molecule has 0 N–H and O–H groups in total. The molecular formula is C16H18N2O3S. The fourth-order valence-electron chi connectivity index (χ4n) is 1.71. The van der Waals surface area contributed by atoms with Crippen molar-refractivity contribution in [3.05, 3.63) is 59.7 Å². The number of rotatable bonds is 5. The van der Waals surface area contributed by atoms with Crippen LogP contribution >= 0.6 is 0 Å². The van der Waals surface area contributed by atoms with Gasteiger partial charge in [0.15, 0.2) is 5.75 Å². The molecule has 0 unspecified atom stereocenters. The second-order valence-corrected chi connectivity index (χ2v) is 6.53. The number of nitrogens with zero attached hydrogens (tertiary/aromatic N) is 2. The minimum Gasteiger partial charge on any atom is -0.378 e. The van der Waals surface area contributed by atoms with Gasteiger partial charge in [-0.2, -0.15) is 13.5 Å². The average molecular weight is 318 g/mol. The Bertz CT molecular complexity index is 766. The number of hydrogen-bond donors (Lipinski definition) is 0. The lowest BCUT2D eigenvalue weighted by atomic mass is 10.2. The van der Waals surface area contributed by atoms with Gasteiger partial charge in [0, 0.05) is 19.7 Å². The smallest absolute Gasteiger partial charge is 0.339 e. The van der Waals surface area contributed by atoms with Crippen LogP contribution in [0, 0.1) is 6.92 Å². The summed E-state index contributed by atoms with van der Waals surface area (Å²) in [6.07, 6.45) is 1.56. The number of hydrogen-bond acceptors (Lipinski definition) is 5. The van der Waals surface area contributed by atoms with Crippen molar-refractivity contribution >= 4 is 16.3 Å². The Morgan fingerprint density at radius 1 is 1.05 bits per heavy atom. The molecule has 0 aliphatic heterocycles. The van der Waals surface area contributed by atoms with E-state index in [4.69, 9.17) is 4.18 Å². The van der Waals surface area contributed by atoms with Crippen LogP contribution in [0.5, 0.6) is 5.75 Å². The van der Waals surface area contributed by atoms with E-state index in [0.717, 1.165) is 5.56 Å². The maximum atomic E-state index is 12.3. The molecule has 0 aliphatic rings.